The second kappa shape index (κ2) is 13.2. The van der Waals surface area contributed by atoms with E-state index in [9.17, 15) is 24.3 Å². The molecule has 2 fully saturated rings. The fourth-order valence-electron chi connectivity index (χ4n) is 6.93. The van der Waals surface area contributed by atoms with Gasteiger partial charge in [0.2, 0.25) is 11.8 Å². The van der Waals surface area contributed by atoms with E-state index in [2.05, 4.69) is 5.32 Å². The average molecular weight is 634 g/mol. The van der Waals surface area contributed by atoms with Crippen LogP contribution in [0.3, 0.4) is 0 Å². The van der Waals surface area contributed by atoms with Crippen molar-refractivity contribution in [2.75, 3.05) is 31.2 Å². The first-order valence-electron chi connectivity index (χ1n) is 15.4. The van der Waals surface area contributed by atoms with Gasteiger partial charge in [-0.1, -0.05) is 78.4 Å². The highest BCUT2D eigenvalue weighted by Gasteiger charge is 2.73. The molecule has 3 amide bonds. The van der Waals surface area contributed by atoms with Gasteiger partial charge in [-0.3, -0.25) is 19.2 Å². The van der Waals surface area contributed by atoms with Crippen LogP contribution in [-0.2, 0) is 28.7 Å². The first-order valence-corrected chi connectivity index (χ1v) is 15.7. The molecule has 4 heterocycles. The van der Waals surface area contributed by atoms with Crippen LogP contribution in [0.4, 0.5) is 5.69 Å². The van der Waals surface area contributed by atoms with E-state index in [1.807, 2.05) is 30.3 Å². The summed E-state index contributed by atoms with van der Waals surface area (Å²) in [6.45, 7) is 0.200. The lowest BCUT2D eigenvalue weighted by Gasteiger charge is -2.36. The number of aliphatic hydroxyl groups excluding tert-OH is 1. The lowest BCUT2D eigenvalue weighted by atomic mass is 9.74. The van der Waals surface area contributed by atoms with E-state index >= 15 is 0 Å². The largest absolute Gasteiger partial charge is 0.463 e. The molecule has 5 bridgehead atoms. The van der Waals surface area contributed by atoms with Crippen molar-refractivity contribution < 1.29 is 33.8 Å². The lowest BCUT2D eigenvalue weighted by Crippen LogP contribution is -2.56. The smallest absolute Gasteiger partial charge is 0.306 e. The normalized spacial score (nSPS) is 30.8. The first kappa shape index (κ1) is 31.0. The Bertz CT molecular complexity index is 1510. The van der Waals surface area contributed by atoms with Gasteiger partial charge in [0.15, 0.2) is 0 Å². The molecule has 6 rings (SSSR count). The molecule has 236 valence electrons. The topological polar surface area (TPSA) is 125 Å². The molecule has 1 spiro atoms. The Morgan fingerprint density at radius 1 is 0.978 bits per heavy atom. The molecule has 0 aromatic heterocycles. The van der Waals surface area contributed by atoms with Gasteiger partial charge in [0, 0.05) is 26.1 Å². The summed E-state index contributed by atoms with van der Waals surface area (Å²) in [7, 11) is 0. The van der Waals surface area contributed by atoms with E-state index in [0.717, 1.165) is 5.56 Å². The lowest BCUT2D eigenvalue weighted by molar-refractivity contribution is -0.145. The molecule has 0 radical (unpaired) electrons. The number of halogens is 1. The average Bonchev–Trinajstić information content (AvgIpc) is 3.69. The zero-order chi connectivity index (χ0) is 31.6. The van der Waals surface area contributed by atoms with Crippen LogP contribution in [0.5, 0.6) is 0 Å². The number of likely N-dealkylation sites (tertiary alicyclic amines) is 1. The number of cyclic esters (lactones) is 1. The van der Waals surface area contributed by atoms with Crippen molar-refractivity contribution in [3.8, 4) is 0 Å². The Balaban J connectivity index is 1.43. The maximum atomic E-state index is 14.7. The van der Waals surface area contributed by atoms with Crippen LogP contribution in [0.2, 0.25) is 5.02 Å². The number of rotatable bonds is 6. The number of unbranched alkanes of at least 4 members (excludes halogenated alkanes) is 1. The third-order valence-electron chi connectivity index (χ3n) is 9.03. The number of anilines is 1. The second-order valence-corrected chi connectivity index (χ2v) is 12.1. The van der Waals surface area contributed by atoms with Crippen molar-refractivity contribution in [3.63, 3.8) is 0 Å². The third-order valence-corrected chi connectivity index (χ3v) is 9.35. The molecule has 2 aromatic carbocycles. The predicted molar refractivity (Wildman–Crippen MR) is 166 cm³/mol. The molecular weight excluding hydrogens is 598 g/mol. The van der Waals surface area contributed by atoms with Crippen molar-refractivity contribution in [1.82, 2.24) is 10.2 Å². The number of amides is 3. The molecule has 10 nitrogen and oxygen atoms in total. The third kappa shape index (κ3) is 5.78. The Labute approximate surface area is 266 Å². The molecule has 6 atom stereocenters. The van der Waals surface area contributed by atoms with Crippen molar-refractivity contribution >= 4 is 41.0 Å². The molecule has 45 heavy (non-hydrogen) atoms. The highest BCUT2D eigenvalue weighted by atomic mass is 35.5. The van der Waals surface area contributed by atoms with Crippen LogP contribution < -0.4 is 10.2 Å². The van der Waals surface area contributed by atoms with E-state index in [0.29, 0.717) is 30.0 Å². The molecule has 11 heteroatoms. The van der Waals surface area contributed by atoms with Gasteiger partial charge in [-0.05, 0) is 37.0 Å². The molecule has 0 unspecified atom stereocenters. The minimum absolute atomic E-state index is 0.0548. The van der Waals surface area contributed by atoms with Crippen LogP contribution in [0.15, 0.2) is 78.9 Å². The zero-order valence-corrected chi connectivity index (χ0v) is 25.5. The molecule has 0 aliphatic carbocycles. The van der Waals surface area contributed by atoms with Crippen LogP contribution >= 0.6 is 11.6 Å². The van der Waals surface area contributed by atoms with E-state index in [1.165, 1.54) is 9.80 Å². The fraction of sp³-hybridized carbons (Fsp3) is 0.412. The summed E-state index contributed by atoms with van der Waals surface area (Å²) < 4.78 is 12.1. The summed E-state index contributed by atoms with van der Waals surface area (Å²) in [6, 6.07) is 14.4. The maximum Gasteiger partial charge on any atom is 0.306 e. The molecule has 2 saturated heterocycles. The van der Waals surface area contributed by atoms with Gasteiger partial charge in [0.1, 0.15) is 18.2 Å². The standard InChI is InChI=1S/C34H36ClN3O7/c35-23-13-6-7-14-25(23)37-18-8-2-5-15-27(40)44-21-24(22-11-3-1-4-12-22)36-31(41)28-26-16-17-34(45-26)29(28)32(42)38(19-9-10-20-39)30(34)33(37)43/h1-4,6-8,11-14,16-17,24,26,28-30,39H,5,9-10,15,18-21H2,(H,36,41)/b8-2-/t24-,26-,28+,29+,30-,34+/m1/s1. The number of allylic oxidation sites excluding steroid dienone is 1. The Morgan fingerprint density at radius 3 is 2.53 bits per heavy atom. The number of para-hydroxylation sites is 1. The number of fused-ring (bicyclic) bond motifs is 2. The summed E-state index contributed by atoms with van der Waals surface area (Å²) >= 11 is 6.59. The summed E-state index contributed by atoms with van der Waals surface area (Å²) in [6.07, 6.45) is 7.81. The Morgan fingerprint density at radius 2 is 1.76 bits per heavy atom. The van der Waals surface area contributed by atoms with Crippen molar-refractivity contribution in [1.29, 1.82) is 0 Å². The van der Waals surface area contributed by atoms with Gasteiger partial charge in [-0.15, -0.1) is 0 Å². The molecular formula is C34H36ClN3O7. The number of ether oxygens (including phenoxy) is 2. The monoisotopic (exact) mass is 633 g/mol. The fourth-order valence-corrected chi connectivity index (χ4v) is 7.17. The van der Waals surface area contributed by atoms with E-state index < -0.39 is 53.4 Å². The van der Waals surface area contributed by atoms with Gasteiger partial charge in [-0.25, -0.2) is 0 Å². The van der Waals surface area contributed by atoms with Crippen molar-refractivity contribution in [3.05, 3.63) is 89.5 Å². The summed E-state index contributed by atoms with van der Waals surface area (Å²) in [5, 5.41) is 12.8. The molecule has 4 aliphatic rings. The van der Waals surface area contributed by atoms with E-state index in [-0.39, 0.29) is 38.6 Å². The minimum atomic E-state index is -1.37. The molecule has 2 aromatic rings. The Kier molecular flexibility index (Phi) is 9.07. The van der Waals surface area contributed by atoms with Gasteiger partial charge >= 0.3 is 5.97 Å². The number of esters is 1. The highest BCUT2D eigenvalue weighted by molar-refractivity contribution is 6.34. The van der Waals surface area contributed by atoms with Crippen LogP contribution in [0.1, 0.15) is 37.3 Å². The second-order valence-electron chi connectivity index (χ2n) is 11.7. The quantitative estimate of drug-likeness (QED) is 0.284. The van der Waals surface area contributed by atoms with Crippen molar-refractivity contribution in [2.45, 2.75) is 49.5 Å². The number of carbonyl (C=O) groups is 4. The van der Waals surface area contributed by atoms with Gasteiger partial charge in [0.25, 0.3) is 5.91 Å². The molecule has 4 aliphatic heterocycles. The number of aliphatic hydroxyl groups is 1. The minimum Gasteiger partial charge on any atom is -0.463 e. The van der Waals surface area contributed by atoms with Gasteiger partial charge in [-0.2, -0.15) is 0 Å². The summed E-state index contributed by atoms with van der Waals surface area (Å²) in [5.74, 6) is -3.45. The van der Waals surface area contributed by atoms with Crippen molar-refractivity contribution in [2.24, 2.45) is 11.8 Å². The van der Waals surface area contributed by atoms with E-state index in [4.69, 9.17) is 21.1 Å². The predicted octanol–water partition coefficient (Wildman–Crippen LogP) is 3.35. The van der Waals surface area contributed by atoms with Gasteiger partial charge in [0.05, 0.1) is 34.7 Å². The number of nitrogens with zero attached hydrogens (tertiary/aromatic N) is 2. The van der Waals surface area contributed by atoms with Crippen LogP contribution in [0, 0.1) is 11.8 Å². The summed E-state index contributed by atoms with van der Waals surface area (Å²) in [4.78, 5) is 58.8. The van der Waals surface area contributed by atoms with Crippen LogP contribution in [0.25, 0.3) is 0 Å². The Hall–Kier alpha value is -3.99. The first-order chi connectivity index (χ1) is 21.9. The number of benzene rings is 2. The van der Waals surface area contributed by atoms with Gasteiger partial charge < -0.3 is 29.7 Å². The number of hydrogen-bond acceptors (Lipinski definition) is 7. The SMILES string of the molecule is O=C1CC/C=C\CN(c2ccccc2Cl)C(=O)[C@H]2N(CCCCO)C(=O)[C@@H]3[C@@H](C(=O)N[C@@H](c4ccccc4)CO1)[C@H]1C=C[C@]32O1. The maximum absolute atomic E-state index is 14.7. The molecule has 0 saturated carbocycles. The molecule has 2 N–H and O–H groups in total. The number of nitrogens with one attached hydrogen (secondary N) is 1. The van der Waals surface area contributed by atoms with E-state index in [1.54, 1.807) is 48.6 Å². The number of hydrogen-bond donors (Lipinski definition) is 2. The number of carbonyl (C=O) groups excluding carboxylic acids is 4. The highest BCUT2D eigenvalue weighted by Crippen LogP contribution is 2.55. The summed E-state index contributed by atoms with van der Waals surface area (Å²) in [5.41, 5.74) is -0.158. The zero-order valence-electron chi connectivity index (χ0n) is 24.7. The van der Waals surface area contributed by atoms with Crippen LogP contribution in [-0.4, -0.2) is 77.7 Å².